The summed E-state index contributed by atoms with van der Waals surface area (Å²) in [7, 11) is 1.84. The van der Waals surface area contributed by atoms with Gasteiger partial charge in [0.25, 0.3) is 0 Å². The minimum Gasteiger partial charge on any atom is -0.338 e. The number of hydrogen-bond acceptors (Lipinski definition) is 3. The lowest BCUT2D eigenvalue weighted by Crippen LogP contribution is -1.96. The topological polar surface area (TPSA) is 53.6 Å². The van der Waals surface area contributed by atoms with Gasteiger partial charge < -0.3 is 5.32 Å². The van der Waals surface area contributed by atoms with Crippen molar-refractivity contribution in [2.45, 2.75) is 0 Å². The molecule has 0 aliphatic heterocycles. The molecule has 0 unspecified atom stereocenters. The van der Waals surface area contributed by atoms with Gasteiger partial charge in [0.05, 0.1) is 11.3 Å². The Balaban J connectivity index is 2.35. The minimum absolute atomic E-state index is 0.577. The summed E-state index contributed by atoms with van der Waals surface area (Å²) in [4.78, 5) is 0. The quantitative estimate of drug-likeness (QED) is 0.918. The smallest absolute Gasteiger partial charge is 0.152 e. The highest BCUT2D eigenvalue weighted by molar-refractivity contribution is 9.10. The monoisotopic (exact) mass is 276 g/mol. The van der Waals surface area contributed by atoms with E-state index in [0.29, 0.717) is 5.56 Å². The predicted molar refractivity (Wildman–Crippen MR) is 65.3 cm³/mol. The maximum absolute atomic E-state index is 9.04. The van der Waals surface area contributed by atoms with Crippen LogP contribution < -0.4 is 5.32 Å². The first kappa shape index (κ1) is 10.7. The average Bonchev–Trinajstić information content (AvgIpc) is 2.64. The first-order chi connectivity index (χ1) is 7.70. The second-order valence-electron chi connectivity index (χ2n) is 3.27. The van der Waals surface area contributed by atoms with E-state index in [1.54, 1.807) is 4.68 Å². The number of nitrogens with zero attached hydrogens (tertiary/aromatic N) is 3. The van der Waals surface area contributed by atoms with Crippen LogP contribution in [0.25, 0.3) is 0 Å². The Kier molecular flexibility index (Phi) is 2.93. The van der Waals surface area contributed by atoms with Crippen LogP contribution in [0.5, 0.6) is 0 Å². The third-order valence-electron chi connectivity index (χ3n) is 2.10. The number of nitrogens with one attached hydrogen (secondary N) is 1. The summed E-state index contributed by atoms with van der Waals surface area (Å²) < 4.78 is 2.47. The molecule has 0 spiro atoms. The van der Waals surface area contributed by atoms with Crippen molar-refractivity contribution in [1.82, 2.24) is 9.78 Å². The Hall–Kier alpha value is -1.80. The molecule has 16 heavy (non-hydrogen) atoms. The van der Waals surface area contributed by atoms with Crippen LogP contribution in [0.15, 0.2) is 34.9 Å². The van der Waals surface area contributed by atoms with Gasteiger partial charge in [-0.2, -0.15) is 10.4 Å². The molecule has 5 heteroatoms. The Morgan fingerprint density at radius 3 is 2.88 bits per heavy atom. The van der Waals surface area contributed by atoms with Crippen molar-refractivity contribution in [2.24, 2.45) is 7.05 Å². The first-order valence-corrected chi connectivity index (χ1v) is 5.45. The van der Waals surface area contributed by atoms with E-state index in [4.69, 9.17) is 5.26 Å². The van der Waals surface area contributed by atoms with Crippen LogP contribution >= 0.6 is 15.9 Å². The molecule has 0 saturated heterocycles. The molecule has 0 aliphatic rings. The highest BCUT2D eigenvalue weighted by Gasteiger charge is 2.06. The number of nitriles is 1. The van der Waals surface area contributed by atoms with E-state index in [-0.39, 0.29) is 0 Å². The fraction of sp³-hybridized carbons (Fsp3) is 0.0909. The van der Waals surface area contributed by atoms with Gasteiger partial charge in [-0.05, 0) is 28.1 Å². The van der Waals surface area contributed by atoms with Gasteiger partial charge in [0.2, 0.25) is 0 Å². The molecule has 1 heterocycles. The van der Waals surface area contributed by atoms with Gasteiger partial charge in [-0.25, -0.2) is 0 Å². The number of aryl methyl sites for hydroxylation is 1. The summed E-state index contributed by atoms with van der Waals surface area (Å²) >= 11 is 3.34. The van der Waals surface area contributed by atoms with Crippen molar-refractivity contribution < 1.29 is 0 Å². The van der Waals surface area contributed by atoms with Gasteiger partial charge in [-0.15, -0.1) is 0 Å². The molecule has 1 aromatic heterocycles. The van der Waals surface area contributed by atoms with E-state index in [2.05, 4.69) is 32.4 Å². The van der Waals surface area contributed by atoms with Crippen molar-refractivity contribution >= 4 is 27.4 Å². The zero-order valence-electron chi connectivity index (χ0n) is 8.61. The number of anilines is 2. The van der Waals surface area contributed by atoms with Crippen LogP contribution in [-0.4, -0.2) is 9.78 Å². The highest BCUT2D eigenvalue weighted by Crippen LogP contribution is 2.25. The second-order valence-corrected chi connectivity index (χ2v) is 4.13. The number of rotatable bonds is 2. The Morgan fingerprint density at radius 2 is 2.25 bits per heavy atom. The second kappa shape index (κ2) is 4.37. The predicted octanol–water partition coefficient (Wildman–Crippen LogP) is 2.80. The lowest BCUT2D eigenvalue weighted by atomic mass is 10.2. The Labute approximate surface area is 102 Å². The summed E-state index contributed by atoms with van der Waals surface area (Å²) in [5.41, 5.74) is 1.32. The van der Waals surface area contributed by atoms with Crippen molar-refractivity contribution in [3.63, 3.8) is 0 Å². The van der Waals surface area contributed by atoms with Gasteiger partial charge in [-0.3, -0.25) is 4.68 Å². The van der Waals surface area contributed by atoms with E-state index < -0.39 is 0 Å². The maximum atomic E-state index is 9.04. The molecule has 2 rings (SSSR count). The van der Waals surface area contributed by atoms with Crippen molar-refractivity contribution in [2.75, 3.05) is 5.32 Å². The van der Waals surface area contributed by atoms with Gasteiger partial charge in [-0.1, -0.05) is 6.07 Å². The summed E-state index contributed by atoms with van der Waals surface area (Å²) in [6.07, 6.45) is 1.84. The Morgan fingerprint density at radius 1 is 1.44 bits per heavy atom. The SMILES string of the molecule is Cn1ccc(Nc2cccc(Br)c2C#N)n1. The first-order valence-electron chi connectivity index (χ1n) is 4.66. The molecule has 0 amide bonds. The van der Waals surface area contributed by atoms with Crippen LogP contribution in [0.2, 0.25) is 0 Å². The molecular formula is C11H9BrN4. The fourth-order valence-corrected chi connectivity index (χ4v) is 1.82. The third-order valence-corrected chi connectivity index (χ3v) is 2.76. The van der Waals surface area contributed by atoms with Crippen LogP contribution in [0.4, 0.5) is 11.5 Å². The van der Waals surface area contributed by atoms with Crippen molar-refractivity contribution in [3.05, 3.63) is 40.5 Å². The molecule has 2 aromatic rings. The highest BCUT2D eigenvalue weighted by atomic mass is 79.9. The summed E-state index contributed by atoms with van der Waals surface area (Å²) in [5, 5.41) is 16.3. The number of hydrogen-bond donors (Lipinski definition) is 1. The van der Waals surface area contributed by atoms with Crippen LogP contribution in [0.3, 0.4) is 0 Å². The standard InChI is InChI=1S/C11H9BrN4/c1-16-6-5-11(15-16)14-10-4-2-3-9(12)8(10)7-13/h2-6H,1H3,(H,14,15). The lowest BCUT2D eigenvalue weighted by molar-refractivity contribution is 0.771. The molecule has 0 bridgehead atoms. The van der Waals surface area contributed by atoms with E-state index in [9.17, 15) is 0 Å². The molecule has 0 aliphatic carbocycles. The van der Waals surface area contributed by atoms with Crippen LogP contribution in [0, 0.1) is 11.3 Å². The average molecular weight is 277 g/mol. The molecular weight excluding hydrogens is 268 g/mol. The normalized spacial score (nSPS) is 9.81. The zero-order valence-corrected chi connectivity index (χ0v) is 10.2. The molecule has 1 N–H and O–H groups in total. The molecule has 0 atom stereocenters. The molecule has 4 nitrogen and oxygen atoms in total. The molecule has 0 saturated carbocycles. The van der Waals surface area contributed by atoms with E-state index in [0.717, 1.165) is 16.0 Å². The number of aromatic nitrogens is 2. The minimum atomic E-state index is 0.577. The summed E-state index contributed by atoms with van der Waals surface area (Å²) in [6.45, 7) is 0. The molecule has 1 aromatic carbocycles. The largest absolute Gasteiger partial charge is 0.338 e. The van der Waals surface area contributed by atoms with E-state index in [1.165, 1.54) is 0 Å². The van der Waals surface area contributed by atoms with Gasteiger partial charge in [0, 0.05) is 23.8 Å². The van der Waals surface area contributed by atoms with Crippen molar-refractivity contribution in [3.8, 4) is 6.07 Å². The Bertz CT molecular complexity index is 553. The van der Waals surface area contributed by atoms with E-state index >= 15 is 0 Å². The van der Waals surface area contributed by atoms with Gasteiger partial charge in [0.15, 0.2) is 5.82 Å². The summed E-state index contributed by atoms with van der Waals surface area (Å²) in [6, 6.07) is 9.55. The lowest BCUT2D eigenvalue weighted by Gasteiger charge is -2.06. The van der Waals surface area contributed by atoms with Crippen LogP contribution in [-0.2, 0) is 7.05 Å². The number of benzene rings is 1. The summed E-state index contributed by atoms with van der Waals surface area (Å²) in [5.74, 6) is 0.720. The maximum Gasteiger partial charge on any atom is 0.152 e. The number of halogens is 1. The zero-order chi connectivity index (χ0) is 11.5. The van der Waals surface area contributed by atoms with Gasteiger partial charge >= 0.3 is 0 Å². The fourth-order valence-electron chi connectivity index (χ4n) is 1.36. The molecule has 0 radical (unpaired) electrons. The molecule has 80 valence electrons. The van der Waals surface area contributed by atoms with Gasteiger partial charge in [0.1, 0.15) is 6.07 Å². The van der Waals surface area contributed by atoms with Crippen molar-refractivity contribution in [1.29, 1.82) is 5.26 Å². The van der Waals surface area contributed by atoms with Crippen LogP contribution in [0.1, 0.15) is 5.56 Å². The molecule has 0 fully saturated rings. The van der Waals surface area contributed by atoms with E-state index in [1.807, 2.05) is 37.5 Å². The third kappa shape index (κ3) is 2.07.